The fourth-order valence-corrected chi connectivity index (χ4v) is 3.27. The van der Waals surface area contributed by atoms with Gasteiger partial charge in [-0.1, -0.05) is 6.07 Å². The second kappa shape index (κ2) is 4.87. The number of nitrogen functional groups attached to an aromatic ring is 1. The van der Waals surface area contributed by atoms with E-state index < -0.39 is 10.8 Å². The molecule has 1 aromatic carbocycles. The molecule has 0 saturated carbocycles. The fourth-order valence-electron chi connectivity index (χ4n) is 1.97. The minimum atomic E-state index is -0.599. The third-order valence-corrected chi connectivity index (χ3v) is 4.34. The molecule has 0 unspecified atom stereocenters. The highest BCUT2D eigenvalue weighted by Gasteiger charge is 2.17. The first kappa shape index (κ1) is 11.5. The fraction of sp³-hybridized carbons (Fsp3) is 0.500. The number of aryl methyl sites for hydroxylation is 1. The number of nitrogens with two attached hydrogens (primary N) is 1. The second-order valence-electron chi connectivity index (χ2n) is 4.36. The zero-order chi connectivity index (χ0) is 11.5. The molecule has 0 bridgehead atoms. The third-order valence-electron chi connectivity index (χ3n) is 2.95. The van der Waals surface area contributed by atoms with Crippen LogP contribution in [-0.4, -0.2) is 21.8 Å². The van der Waals surface area contributed by atoms with E-state index >= 15 is 0 Å². The summed E-state index contributed by atoms with van der Waals surface area (Å²) >= 11 is 0. The Morgan fingerprint density at radius 1 is 1.38 bits per heavy atom. The molecule has 4 heteroatoms. The van der Waals surface area contributed by atoms with Crippen LogP contribution in [0.5, 0.6) is 0 Å². The van der Waals surface area contributed by atoms with Gasteiger partial charge in [-0.25, -0.2) is 0 Å². The maximum absolute atomic E-state index is 11.2. The van der Waals surface area contributed by atoms with Crippen LogP contribution in [0.25, 0.3) is 0 Å². The molecule has 3 N–H and O–H groups in total. The highest BCUT2D eigenvalue weighted by molar-refractivity contribution is 7.85. The van der Waals surface area contributed by atoms with Gasteiger partial charge in [0.1, 0.15) is 0 Å². The molecule has 3 nitrogen and oxygen atoms in total. The first-order valence-electron chi connectivity index (χ1n) is 5.63. The molecule has 88 valence electrons. The lowest BCUT2D eigenvalue weighted by Crippen LogP contribution is -2.29. The van der Waals surface area contributed by atoms with Gasteiger partial charge in [0.2, 0.25) is 0 Å². The monoisotopic (exact) mass is 238 g/mol. The summed E-state index contributed by atoms with van der Waals surface area (Å²) in [5, 5.41) is 3.44. The Balaban J connectivity index is 2.01. The van der Waals surface area contributed by atoms with E-state index in [0.717, 1.165) is 35.7 Å². The van der Waals surface area contributed by atoms with Crippen molar-refractivity contribution < 1.29 is 4.21 Å². The van der Waals surface area contributed by atoms with Crippen molar-refractivity contribution in [1.29, 1.82) is 0 Å². The topological polar surface area (TPSA) is 55.1 Å². The van der Waals surface area contributed by atoms with Crippen LogP contribution in [0.15, 0.2) is 18.2 Å². The van der Waals surface area contributed by atoms with Crippen LogP contribution in [0.4, 0.5) is 11.4 Å². The lowest BCUT2D eigenvalue weighted by Gasteiger charge is -2.24. The molecule has 0 spiro atoms. The van der Waals surface area contributed by atoms with Gasteiger partial charge < -0.3 is 11.1 Å². The standard InChI is InChI=1S/C12H18N2OS/c1-9-2-3-12(11(13)8-9)14-10-4-6-16(15)7-5-10/h2-3,8,10,14H,4-7,13H2,1H3. The minimum Gasteiger partial charge on any atom is -0.397 e. The van der Waals surface area contributed by atoms with Gasteiger partial charge in [-0.15, -0.1) is 0 Å². The van der Waals surface area contributed by atoms with E-state index in [-0.39, 0.29) is 0 Å². The maximum atomic E-state index is 11.2. The third kappa shape index (κ3) is 2.76. The van der Waals surface area contributed by atoms with Crippen LogP contribution >= 0.6 is 0 Å². The van der Waals surface area contributed by atoms with Crippen LogP contribution in [0.2, 0.25) is 0 Å². The Labute approximate surface area is 98.9 Å². The molecule has 0 amide bonds. The van der Waals surface area contributed by atoms with E-state index in [1.807, 2.05) is 19.1 Å². The number of anilines is 2. The molecule has 1 aliphatic heterocycles. The highest BCUT2D eigenvalue weighted by atomic mass is 32.2. The molecule has 0 radical (unpaired) electrons. The highest BCUT2D eigenvalue weighted by Crippen LogP contribution is 2.23. The molecule has 1 heterocycles. The zero-order valence-corrected chi connectivity index (χ0v) is 10.3. The van der Waals surface area contributed by atoms with Gasteiger partial charge in [-0.2, -0.15) is 0 Å². The van der Waals surface area contributed by atoms with E-state index in [2.05, 4.69) is 11.4 Å². The van der Waals surface area contributed by atoms with E-state index in [1.54, 1.807) is 0 Å². The van der Waals surface area contributed by atoms with Gasteiger partial charge in [-0.3, -0.25) is 4.21 Å². The second-order valence-corrected chi connectivity index (χ2v) is 6.05. The van der Waals surface area contributed by atoms with E-state index in [9.17, 15) is 4.21 Å². The van der Waals surface area contributed by atoms with E-state index in [4.69, 9.17) is 5.73 Å². The normalized spacial score (nSPS) is 25.3. The van der Waals surface area contributed by atoms with Crippen LogP contribution in [0, 0.1) is 6.92 Å². The van der Waals surface area contributed by atoms with Crippen LogP contribution in [-0.2, 0) is 10.8 Å². The number of rotatable bonds is 2. The summed E-state index contributed by atoms with van der Waals surface area (Å²) in [4.78, 5) is 0. The first-order valence-corrected chi connectivity index (χ1v) is 7.11. The first-order chi connectivity index (χ1) is 7.65. The average Bonchev–Trinajstić information content (AvgIpc) is 2.25. The van der Waals surface area contributed by atoms with Crippen LogP contribution < -0.4 is 11.1 Å². The van der Waals surface area contributed by atoms with Crippen LogP contribution in [0.3, 0.4) is 0 Å². The summed E-state index contributed by atoms with van der Waals surface area (Å²) in [5.41, 5.74) is 8.92. The molecule has 0 atom stereocenters. The van der Waals surface area contributed by atoms with Crippen molar-refractivity contribution in [3.8, 4) is 0 Å². The minimum absolute atomic E-state index is 0.419. The van der Waals surface area contributed by atoms with Gasteiger partial charge in [0.05, 0.1) is 11.4 Å². The van der Waals surface area contributed by atoms with E-state index in [1.165, 1.54) is 5.56 Å². The molecular formula is C12H18N2OS. The molecule has 16 heavy (non-hydrogen) atoms. The van der Waals surface area contributed by atoms with Crippen molar-refractivity contribution in [2.75, 3.05) is 22.6 Å². The molecule has 1 saturated heterocycles. The van der Waals surface area contributed by atoms with Crippen molar-refractivity contribution in [1.82, 2.24) is 0 Å². The molecule has 1 fully saturated rings. The summed E-state index contributed by atoms with van der Waals surface area (Å²) in [6.07, 6.45) is 1.94. The van der Waals surface area contributed by atoms with Crippen molar-refractivity contribution in [2.24, 2.45) is 0 Å². The summed E-state index contributed by atoms with van der Waals surface area (Å²) in [5.74, 6) is 1.62. The lowest BCUT2D eigenvalue weighted by molar-refractivity contribution is 0.624. The van der Waals surface area contributed by atoms with Crippen molar-refractivity contribution in [3.63, 3.8) is 0 Å². The molecule has 0 aliphatic carbocycles. The Morgan fingerprint density at radius 3 is 2.69 bits per heavy atom. The van der Waals surface area contributed by atoms with Crippen molar-refractivity contribution in [2.45, 2.75) is 25.8 Å². The molecule has 1 aliphatic rings. The number of nitrogens with one attached hydrogen (secondary N) is 1. The molecule has 0 aromatic heterocycles. The number of hydrogen-bond acceptors (Lipinski definition) is 3. The van der Waals surface area contributed by atoms with Crippen molar-refractivity contribution in [3.05, 3.63) is 23.8 Å². The zero-order valence-electron chi connectivity index (χ0n) is 9.53. The predicted molar refractivity (Wildman–Crippen MR) is 70.1 cm³/mol. The molecule has 2 rings (SSSR count). The summed E-state index contributed by atoms with van der Waals surface area (Å²) in [6.45, 7) is 2.03. The summed E-state index contributed by atoms with van der Waals surface area (Å²) < 4.78 is 11.2. The average molecular weight is 238 g/mol. The molecular weight excluding hydrogens is 220 g/mol. The Hall–Kier alpha value is -1.03. The van der Waals surface area contributed by atoms with Gasteiger partial charge in [0, 0.05) is 28.3 Å². The lowest BCUT2D eigenvalue weighted by atomic mass is 10.1. The SMILES string of the molecule is Cc1ccc(NC2CCS(=O)CC2)c(N)c1. The maximum Gasteiger partial charge on any atom is 0.0576 e. The summed E-state index contributed by atoms with van der Waals surface area (Å²) in [6, 6.07) is 6.47. The quantitative estimate of drug-likeness (QED) is 0.774. The smallest absolute Gasteiger partial charge is 0.0576 e. The van der Waals surface area contributed by atoms with Gasteiger partial charge >= 0.3 is 0 Å². The Bertz CT molecular complexity index is 396. The molecule has 1 aromatic rings. The Morgan fingerprint density at radius 2 is 2.06 bits per heavy atom. The largest absolute Gasteiger partial charge is 0.397 e. The summed E-state index contributed by atoms with van der Waals surface area (Å²) in [7, 11) is -0.599. The number of benzene rings is 1. The Kier molecular flexibility index (Phi) is 3.49. The van der Waals surface area contributed by atoms with Gasteiger partial charge in [0.15, 0.2) is 0 Å². The van der Waals surface area contributed by atoms with Crippen LogP contribution in [0.1, 0.15) is 18.4 Å². The number of hydrogen-bond donors (Lipinski definition) is 2. The predicted octanol–water partition coefficient (Wildman–Crippen LogP) is 1.90. The van der Waals surface area contributed by atoms with Gasteiger partial charge in [0.25, 0.3) is 0 Å². The van der Waals surface area contributed by atoms with E-state index in [0.29, 0.717) is 6.04 Å². The van der Waals surface area contributed by atoms with Gasteiger partial charge in [-0.05, 0) is 37.5 Å². The van der Waals surface area contributed by atoms with Crippen molar-refractivity contribution >= 4 is 22.2 Å².